The monoisotopic (exact) mass is 238 g/mol. The number of benzene rings is 1. The van der Waals surface area contributed by atoms with Crippen LogP contribution in [-0.4, -0.2) is 21.4 Å². The Bertz CT molecular complexity index is 540. The Labute approximate surface area is 93.9 Å². The second-order valence-electron chi connectivity index (χ2n) is 3.05. The SMILES string of the molecule is C#CC(=O)N(C)c1ccc(S(N)(=O)=O)cc1. The number of hydrogen-bond donors (Lipinski definition) is 1. The summed E-state index contributed by atoms with van der Waals surface area (Å²) in [5.41, 5.74) is 0.496. The number of carbonyl (C=O) groups is 1. The quantitative estimate of drug-likeness (QED) is 0.732. The van der Waals surface area contributed by atoms with Crippen LogP contribution in [0.25, 0.3) is 0 Å². The molecule has 1 aromatic carbocycles. The number of nitrogens with zero attached hydrogens (tertiary/aromatic N) is 1. The first-order valence-electron chi connectivity index (χ1n) is 4.23. The lowest BCUT2D eigenvalue weighted by molar-refractivity contribution is -0.113. The van der Waals surface area contributed by atoms with E-state index in [0.717, 1.165) is 0 Å². The van der Waals surface area contributed by atoms with Gasteiger partial charge in [0.25, 0.3) is 0 Å². The Morgan fingerprint density at radius 1 is 1.38 bits per heavy atom. The molecule has 0 radical (unpaired) electrons. The van der Waals surface area contributed by atoms with Gasteiger partial charge in [-0.15, -0.1) is 6.42 Å². The number of terminal acetylenes is 1. The summed E-state index contributed by atoms with van der Waals surface area (Å²) in [4.78, 5) is 12.4. The molecule has 1 rings (SSSR count). The third kappa shape index (κ3) is 2.59. The fourth-order valence-corrected chi connectivity index (χ4v) is 1.59. The fraction of sp³-hybridized carbons (Fsp3) is 0.100. The van der Waals surface area contributed by atoms with E-state index in [0.29, 0.717) is 5.69 Å². The fourth-order valence-electron chi connectivity index (χ4n) is 1.07. The highest BCUT2D eigenvalue weighted by Gasteiger charge is 2.10. The Morgan fingerprint density at radius 3 is 2.25 bits per heavy atom. The van der Waals surface area contributed by atoms with Crippen molar-refractivity contribution in [3.63, 3.8) is 0 Å². The van der Waals surface area contributed by atoms with Crippen LogP contribution in [0.3, 0.4) is 0 Å². The predicted molar refractivity (Wildman–Crippen MR) is 60.1 cm³/mol. The zero-order chi connectivity index (χ0) is 12.3. The van der Waals surface area contributed by atoms with Gasteiger partial charge in [0.1, 0.15) is 0 Å². The minimum atomic E-state index is -3.71. The third-order valence-corrected chi connectivity index (χ3v) is 2.91. The molecule has 0 spiro atoms. The summed E-state index contributed by atoms with van der Waals surface area (Å²) < 4.78 is 21.9. The molecule has 16 heavy (non-hydrogen) atoms. The Balaban J connectivity index is 3.06. The van der Waals surface area contributed by atoms with E-state index < -0.39 is 15.9 Å². The summed E-state index contributed by atoms with van der Waals surface area (Å²) in [6.07, 6.45) is 4.95. The maximum absolute atomic E-state index is 11.1. The van der Waals surface area contributed by atoms with Crippen LogP contribution in [0.15, 0.2) is 29.2 Å². The summed E-state index contributed by atoms with van der Waals surface area (Å²) in [5, 5.41) is 4.93. The van der Waals surface area contributed by atoms with Gasteiger partial charge in [-0.25, -0.2) is 13.6 Å². The first kappa shape index (κ1) is 12.2. The molecule has 0 fully saturated rings. The van der Waals surface area contributed by atoms with Crippen LogP contribution in [0, 0.1) is 12.3 Å². The lowest BCUT2D eigenvalue weighted by atomic mass is 10.3. The predicted octanol–water partition coefficient (Wildman–Crippen LogP) is -0.0700. The second kappa shape index (κ2) is 4.35. The smallest absolute Gasteiger partial charge is 0.302 e. The Kier molecular flexibility index (Phi) is 3.32. The van der Waals surface area contributed by atoms with Crippen LogP contribution in [-0.2, 0) is 14.8 Å². The van der Waals surface area contributed by atoms with E-state index in [1.165, 1.54) is 36.2 Å². The number of nitrogens with two attached hydrogens (primary N) is 1. The van der Waals surface area contributed by atoms with Gasteiger partial charge in [-0.05, 0) is 30.2 Å². The van der Waals surface area contributed by atoms with Crippen molar-refractivity contribution in [3.8, 4) is 12.3 Å². The highest BCUT2D eigenvalue weighted by atomic mass is 32.2. The van der Waals surface area contributed by atoms with Crippen LogP contribution in [0.4, 0.5) is 5.69 Å². The van der Waals surface area contributed by atoms with Crippen molar-refractivity contribution in [2.75, 3.05) is 11.9 Å². The molecule has 0 bridgehead atoms. The van der Waals surface area contributed by atoms with E-state index in [1.807, 2.05) is 5.92 Å². The number of carbonyl (C=O) groups excluding carboxylic acids is 1. The van der Waals surface area contributed by atoms with E-state index in [2.05, 4.69) is 0 Å². The van der Waals surface area contributed by atoms with Gasteiger partial charge in [0, 0.05) is 12.7 Å². The van der Waals surface area contributed by atoms with Gasteiger partial charge >= 0.3 is 5.91 Å². The number of primary sulfonamides is 1. The Hall–Kier alpha value is -1.84. The highest BCUT2D eigenvalue weighted by molar-refractivity contribution is 7.89. The van der Waals surface area contributed by atoms with Crippen molar-refractivity contribution >= 4 is 21.6 Å². The van der Waals surface area contributed by atoms with Gasteiger partial charge in [0.05, 0.1) is 4.90 Å². The van der Waals surface area contributed by atoms with Crippen molar-refractivity contribution in [1.82, 2.24) is 0 Å². The molecular formula is C10H10N2O3S. The lowest BCUT2D eigenvalue weighted by Crippen LogP contribution is -2.24. The first-order chi connectivity index (χ1) is 7.36. The second-order valence-corrected chi connectivity index (χ2v) is 4.61. The van der Waals surface area contributed by atoms with E-state index in [4.69, 9.17) is 11.6 Å². The van der Waals surface area contributed by atoms with Crippen LogP contribution >= 0.6 is 0 Å². The van der Waals surface area contributed by atoms with E-state index in [9.17, 15) is 13.2 Å². The third-order valence-electron chi connectivity index (χ3n) is 1.98. The standard InChI is InChI=1S/C10H10N2O3S/c1-3-10(13)12(2)8-4-6-9(7-5-8)16(11,14)15/h1,4-7H,2H3,(H2,11,14,15). The normalized spacial score (nSPS) is 10.6. The molecule has 5 nitrogen and oxygen atoms in total. The zero-order valence-corrected chi connectivity index (χ0v) is 9.36. The number of anilines is 1. The largest absolute Gasteiger partial charge is 0.305 e. The molecule has 1 amide bonds. The Morgan fingerprint density at radius 2 is 1.88 bits per heavy atom. The van der Waals surface area contributed by atoms with Gasteiger partial charge in [-0.3, -0.25) is 4.79 Å². The van der Waals surface area contributed by atoms with E-state index >= 15 is 0 Å². The van der Waals surface area contributed by atoms with Crippen molar-refractivity contribution in [1.29, 1.82) is 0 Å². The van der Waals surface area contributed by atoms with E-state index in [-0.39, 0.29) is 4.90 Å². The molecule has 0 aliphatic heterocycles. The molecule has 6 heteroatoms. The van der Waals surface area contributed by atoms with E-state index in [1.54, 1.807) is 0 Å². The van der Waals surface area contributed by atoms with Crippen molar-refractivity contribution in [2.45, 2.75) is 4.90 Å². The maximum atomic E-state index is 11.1. The molecule has 0 saturated heterocycles. The minimum absolute atomic E-state index is 0.0159. The molecule has 84 valence electrons. The number of amides is 1. The van der Waals surface area contributed by atoms with Crippen molar-refractivity contribution < 1.29 is 13.2 Å². The van der Waals surface area contributed by atoms with Gasteiger partial charge < -0.3 is 4.90 Å². The highest BCUT2D eigenvalue weighted by Crippen LogP contribution is 2.15. The average Bonchev–Trinajstić information content (AvgIpc) is 2.26. The summed E-state index contributed by atoms with van der Waals surface area (Å²) in [7, 11) is -2.22. The van der Waals surface area contributed by atoms with Crippen LogP contribution in [0.1, 0.15) is 0 Å². The number of sulfonamides is 1. The molecule has 0 atom stereocenters. The van der Waals surface area contributed by atoms with Gasteiger partial charge in [0.2, 0.25) is 10.0 Å². The molecule has 0 aromatic heterocycles. The van der Waals surface area contributed by atoms with Gasteiger partial charge in [-0.2, -0.15) is 0 Å². The average molecular weight is 238 g/mol. The van der Waals surface area contributed by atoms with Crippen LogP contribution in [0.2, 0.25) is 0 Å². The molecule has 1 aromatic rings. The molecule has 2 N–H and O–H groups in total. The maximum Gasteiger partial charge on any atom is 0.302 e. The summed E-state index contributed by atoms with van der Waals surface area (Å²) in [5.74, 6) is 1.44. The summed E-state index contributed by atoms with van der Waals surface area (Å²) in [6.45, 7) is 0. The molecule has 0 aliphatic rings. The van der Waals surface area contributed by atoms with Crippen molar-refractivity contribution in [3.05, 3.63) is 24.3 Å². The summed E-state index contributed by atoms with van der Waals surface area (Å²) in [6, 6.07) is 5.53. The minimum Gasteiger partial charge on any atom is -0.305 e. The molecular weight excluding hydrogens is 228 g/mol. The van der Waals surface area contributed by atoms with Crippen molar-refractivity contribution in [2.24, 2.45) is 5.14 Å². The topological polar surface area (TPSA) is 80.5 Å². The molecule has 0 unspecified atom stereocenters. The molecule has 0 aliphatic carbocycles. The molecule has 0 heterocycles. The summed E-state index contributed by atoms with van der Waals surface area (Å²) >= 11 is 0. The first-order valence-corrected chi connectivity index (χ1v) is 5.78. The lowest BCUT2D eigenvalue weighted by Gasteiger charge is -2.13. The number of hydrogen-bond acceptors (Lipinski definition) is 3. The van der Waals surface area contributed by atoms with Gasteiger partial charge in [-0.1, -0.05) is 0 Å². The zero-order valence-electron chi connectivity index (χ0n) is 8.54. The number of rotatable bonds is 2. The van der Waals surface area contributed by atoms with Gasteiger partial charge in [0.15, 0.2) is 0 Å². The van der Waals surface area contributed by atoms with Crippen LogP contribution < -0.4 is 10.0 Å². The van der Waals surface area contributed by atoms with Crippen LogP contribution in [0.5, 0.6) is 0 Å². The molecule has 0 saturated carbocycles.